The summed E-state index contributed by atoms with van der Waals surface area (Å²) in [7, 11) is 0. The van der Waals surface area contributed by atoms with Crippen molar-refractivity contribution in [1.82, 2.24) is 5.01 Å². The molecule has 0 fully saturated rings. The molecule has 0 unspecified atom stereocenters. The Hall–Kier alpha value is -2.72. The Morgan fingerprint density at radius 2 is 1.85 bits per heavy atom. The SMILES string of the molecule is Cc1ccc(C2=NN3[C@@H](C2)c2ccccc2O[C@H]3c2ccc(Cl)cc2)o1. The highest BCUT2D eigenvalue weighted by Gasteiger charge is 2.41. The van der Waals surface area contributed by atoms with Crippen molar-refractivity contribution in [2.75, 3.05) is 0 Å². The molecule has 0 saturated heterocycles. The molecule has 2 aromatic carbocycles. The fourth-order valence-electron chi connectivity index (χ4n) is 3.62. The van der Waals surface area contributed by atoms with Crippen molar-refractivity contribution >= 4 is 17.3 Å². The van der Waals surface area contributed by atoms with Crippen LogP contribution in [0.2, 0.25) is 5.02 Å². The second-order valence-corrected chi connectivity index (χ2v) is 7.05. The Balaban J connectivity index is 1.59. The van der Waals surface area contributed by atoms with Crippen LogP contribution in [0.3, 0.4) is 0 Å². The Kier molecular flexibility index (Phi) is 3.54. The average molecular weight is 365 g/mol. The number of hydrogen-bond donors (Lipinski definition) is 0. The molecular formula is C21H17ClN2O2. The summed E-state index contributed by atoms with van der Waals surface area (Å²) in [5.74, 6) is 2.61. The zero-order chi connectivity index (χ0) is 17.7. The number of benzene rings is 2. The van der Waals surface area contributed by atoms with E-state index in [0.717, 1.165) is 40.5 Å². The van der Waals surface area contributed by atoms with E-state index in [1.54, 1.807) is 0 Å². The van der Waals surface area contributed by atoms with Gasteiger partial charge in [-0.3, -0.25) is 0 Å². The highest BCUT2D eigenvalue weighted by Crippen LogP contribution is 2.47. The fourth-order valence-corrected chi connectivity index (χ4v) is 3.75. The molecule has 5 heteroatoms. The van der Waals surface area contributed by atoms with Gasteiger partial charge in [-0.2, -0.15) is 5.10 Å². The van der Waals surface area contributed by atoms with Crippen LogP contribution in [-0.2, 0) is 0 Å². The van der Waals surface area contributed by atoms with Gasteiger partial charge in [-0.1, -0.05) is 41.9 Å². The number of hydrogen-bond acceptors (Lipinski definition) is 4. The van der Waals surface area contributed by atoms with Crippen molar-refractivity contribution < 1.29 is 9.15 Å². The summed E-state index contributed by atoms with van der Waals surface area (Å²) in [6.45, 7) is 1.95. The molecule has 0 spiro atoms. The minimum Gasteiger partial charge on any atom is -0.464 e. The molecule has 0 N–H and O–H groups in total. The Morgan fingerprint density at radius 3 is 2.62 bits per heavy atom. The number of rotatable bonds is 2. The predicted molar refractivity (Wildman–Crippen MR) is 100 cm³/mol. The molecule has 5 rings (SSSR count). The summed E-state index contributed by atoms with van der Waals surface area (Å²) in [4.78, 5) is 0. The number of aryl methyl sites for hydroxylation is 1. The van der Waals surface area contributed by atoms with Crippen LogP contribution >= 0.6 is 11.6 Å². The predicted octanol–water partition coefficient (Wildman–Crippen LogP) is 5.48. The van der Waals surface area contributed by atoms with Gasteiger partial charge in [0.15, 0.2) is 0 Å². The number of furan rings is 1. The molecule has 0 bridgehead atoms. The minimum atomic E-state index is -0.291. The summed E-state index contributed by atoms with van der Waals surface area (Å²) >= 11 is 6.05. The second kappa shape index (κ2) is 5.92. The largest absolute Gasteiger partial charge is 0.464 e. The number of nitrogens with zero attached hydrogens (tertiary/aromatic N) is 2. The molecular weight excluding hydrogens is 348 g/mol. The van der Waals surface area contributed by atoms with Crippen LogP contribution in [0.5, 0.6) is 5.75 Å². The lowest BCUT2D eigenvalue weighted by Crippen LogP contribution is -2.33. The molecule has 3 heterocycles. The van der Waals surface area contributed by atoms with Crippen molar-refractivity contribution in [2.45, 2.75) is 25.6 Å². The number of para-hydroxylation sites is 1. The van der Waals surface area contributed by atoms with Crippen LogP contribution in [0.4, 0.5) is 0 Å². The van der Waals surface area contributed by atoms with Crippen LogP contribution in [0, 0.1) is 6.92 Å². The molecule has 130 valence electrons. The quantitative estimate of drug-likeness (QED) is 0.604. The maximum Gasteiger partial charge on any atom is 0.213 e. The van der Waals surface area contributed by atoms with Crippen molar-refractivity contribution in [3.8, 4) is 5.75 Å². The van der Waals surface area contributed by atoms with E-state index in [-0.39, 0.29) is 12.3 Å². The molecule has 4 nitrogen and oxygen atoms in total. The Labute approximate surface area is 156 Å². The molecule has 0 radical (unpaired) electrons. The van der Waals surface area contributed by atoms with E-state index >= 15 is 0 Å². The van der Waals surface area contributed by atoms with Crippen molar-refractivity contribution in [3.05, 3.63) is 88.3 Å². The zero-order valence-electron chi connectivity index (χ0n) is 14.2. The van der Waals surface area contributed by atoms with Crippen molar-refractivity contribution in [2.24, 2.45) is 5.10 Å². The normalized spacial score (nSPS) is 21.0. The topological polar surface area (TPSA) is 38.0 Å². The first-order valence-electron chi connectivity index (χ1n) is 8.63. The van der Waals surface area contributed by atoms with Crippen LogP contribution in [0.1, 0.15) is 41.3 Å². The van der Waals surface area contributed by atoms with Gasteiger partial charge >= 0.3 is 0 Å². The molecule has 2 aliphatic heterocycles. The number of halogens is 1. The van der Waals surface area contributed by atoms with E-state index in [9.17, 15) is 0 Å². The third kappa shape index (κ3) is 2.49. The molecule has 2 atom stereocenters. The first kappa shape index (κ1) is 15.5. The molecule has 0 amide bonds. The lowest BCUT2D eigenvalue weighted by atomic mass is 9.97. The summed E-state index contributed by atoms with van der Waals surface area (Å²) in [6, 6.07) is 20.0. The Bertz CT molecular complexity index is 993. The summed E-state index contributed by atoms with van der Waals surface area (Å²) in [5.41, 5.74) is 3.12. The van der Waals surface area contributed by atoms with E-state index in [1.165, 1.54) is 0 Å². The summed E-state index contributed by atoms with van der Waals surface area (Å²) in [5, 5.41) is 7.62. The second-order valence-electron chi connectivity index (χ2n) is 6.62. The Morgan fingerprint density at radius 1 is 1.04 bits per heavy atom. The van der Waals surface area contributed by atoms with Crippen LogP contribution in [0.25, 0.3) is 0 Å². The van der Waals surface area contributed by atoms with Crippen molar-refractivity contribution in [3.63, 3.8) is 0 Å². The number of fused-ring (bicyclic) bond motifs is 3. The van der Waals surface area contributed by atoms with Gasteiger partial charge in [-0.15, -0.1) is 0 Å². The van der Waals surface area contributed by atoms with E-state index < -0.39 is 0 Å². The van der Waals surface area contributed by atoms with Crippen molar-refractivity contribution in [1.29, 1.82) is 0 Å². The molecule has 0 aliphatic carbocycles. The molecule has 3 aromatic rings. The van der Waals surface area contributed by atoms with E-state index in [1.807, 2.05) is 66.5 Å². The maximum atomic E-state index is 6.31. The lowest BCUT2D eigenvalue weighted by Gasteiger charge is -2.38. The monoisotopic (exact) mass is 364 g/mol. The summed E-state index contributed by atoms with van der Waals surface area (Å²) < 4.78 is 12.1. The molecule has 2 aliphatic rings. The first-order valence-corrected chi connectivity index (χ1v) is 9.00. The molecule has 0 saturated carbocycles. The van der Waals surface area contributed by atoms with E-state index in [0.29, 0.717) is 5.02 Å². The van der Waals surface area contributed by atoms with Gasteiger partial charge in [0, 0.05) is 22.6 Å². The maximum absolute atomic E-state index is 6.31. The van der Waals surface area contributed by atoms with Gasteiger partial charge in [0.2, 0.25) is 6.23 Å². The number of ether oxygens (including phenoxy) is 1. The number of hydrazone groups is 1. The highest BCUT2D eigenvalue weighted by atomic mass is 35.5. The van der Waals surface area contributed by atoms with Gasteiger partial charge in [-0.05, 0) is 37.3 Å². The zero-order valence-corrected chi connectivity index (χ0v) is 15.0. The van der Waals surface area contributed by atoms with Gasteiger partial charge in [0.25, 0.3) is 0 Å². The minimum absolute atomic E-state index is 0.126. The first-order chi connectivity index (χ1) is 12.7. The standard InChI is InChI=1S/C21H17ClN2O2/c1-13-6-11-20(25-13)17-12-18-16-4-2-3-5-19(16)26-21(24(18)23-17)14-7-9-15(22)10-8-14/h2-11,18,21H,12H2,1H3/t18-,21-/m0/s1. The summed E-state index contributed by atoms with van der Waals surface area (Å²) in [6.07, 6.45) is 0.498. The average Bonchev–Trinajstić information content (AvgIpc) is 3.28. The third-order valence-electron chi connectivity index (χ3n) is 4.88. The van der Waals surface area contributed by atoms with Crippen LogP contribution < -0.4 is 4.74 Å². The fraction of sp³-hybridized carbons (Fsp3) is 0.190. The van der Waals surface area contributed by atoms with E-state index in [4.69, 9.17) is 25.9 Å². The van der Waals surface area contributed by atoms with Crippen LogP contribution in [-0.4, -0.2) is 10.7 Å². The molecule has 26 heavy (non-hydrogen) atoms. The lowest BCUT2D eigenvalue weighted by molar-refractivity contribution is -0.0190. The molecule has 1 aromatic heterocycles. The van der Waals surface area contributed by atoms with E-state index in [2.05, 4.69) is 6.07 Å². The highest BCUT2D eigenvalue weighted by molar-refractivity contribution is 6.30. The third-order valence-corrected chi connectivity index (χ3v) is 5.13. The van der Waals surface area contributed by atoms with Gasteiger partial charge in [-0.25, -0.2) is 5.01 Å². The smallest absolute Gasteiger partial charge is 0.213 e. The van der Waals surface area contributed by atoms with Gasteiger partial charge in [0.05, 0.1) is 6.04 Å². The van der Waals surface area contributed by atoms with Gasteiger partial charge in [0.1, 0.15) is 23.0 Å². The van der Waals surface area contributed by atoms with Crippen LogP contribution in [0.15, 0.2) is 70.2 Å². The van der Waals surface area contributed by atoms with Gasteiger partial charge < -0.3 is 9.15 Å².